The minimum absolute atomic E-state index is 0.0139. The van der Waals surface area contributed by atoms with Crippen LogP contribution in [0.5, 0.6) is 0 Å². The van der Waals surface area contributed by atoms with Gasteiger partial charge in [0.05, 0.1) is 25.4 Å². The maximum Gasteiger partial charge on any atom is 0.305 e. The van der Waals surface area contributed by atoms with Gasteiger partial charge in [-0.2, -0.15) is 0 Å². The van der Waals surface area contributed by atoms with E-state index in [0.29, 0.717) is 25.9 Å². The van der Waals surface area contributed by atoms with Crippen molar-refractivity contribution in [3.63, 3.8) is 0 Å². The Hall–Kier alpha value is -1.14. The molecule has 0 aliphatic heterocycles. The highest BCUT2D eigenvalue weighted by atomic mass is 16.5. The van der Waals surface area contributed by atoms with Crippen LogP contribution in [0, 0.1) is 0 Å². The number of rotatable bonds is 61. The van der Waals surface area contributed by atoms with E-state index in [9.17, 15) is 19.8 Å². The maximum absolute atomic E-state index is 12.5. The first-order valence-electron chi connectivity index (χ1n) is 32.3. The minimum Gasteiger partial charge on any atom is -0.466 e. The summed E-state index contributed by atoms with van der Waals surface area (Å²) in [6, 6.07) is -0.543. The van der Waals surface area contributed by atoms with Gasteiger partial charge in [-0.1, -0.05) is 335 Å². The van der Waals surface area contributed by atoms with Crippen molar-refractivity contribution in [1.29, 1.82) is 0 Å². The molecule has 0 aliphatic rings. The molecule has 0 heterocycles. The van der Waals surface area contributed by atoms with E-state index in [-0.39, 0.29) is 18.5 Å². The minimum atomic E-state index is -0.665. The van der Waals surface area contributed by atoms with Crippen LogP contribution in [0.15, 0.2) is 0 Å². The smallest absolute Gasteiger partial charge is 0.305 e. The molecule has 0 aromatic heterocycles. The molecule has 3 N–H and O–H groups in total. The molecular formula is C64H127NO5. The Labute approximate surface area is 438 Å². The Kier molecular flexibility index (Phi) is 59.4. The number of amides is 1. The summed E-state index contributed by atoms with van der Waals surface area (Å²) in [7, 11) is 0. The van der Waals surface area contributed by atoms with Gasteiger partial charge in [0, 0.05) is 12.8 Å². The summed E-state index contributed by atoms with van der Waals surface area (Å²) >= 11 is 0. The predicted octanol–water partition coefficient (Wildman–Crippen LogP) is 20.3. The van der Waals surface area contributed by atoms with Gasteiger partial charge >= 0.3 is 5.97 Å². The molecule has 0 saturated carbocycles. The number of aliphatic hydroxyl groups is 2. The van der Waals surface area contributed by atoms with E-state index in [0.717, 1.165) is 38.5 Å². The molecule has 0 aromatic rings. The molecular weight excluding hydrogens is 863 g/mol. The molecule has 0 rings (SSSR count). The fourth-order valence-corrected chi connectivity index (χ4v) is 10.5. The molecule has 0 saturated heterocycles. The molecule has 6 heteroatoms. The summed E-state index contributed by atoms with van der Waals surface area (Å²) in [6.07, 6.45) is 71.1. The second kappa shape index (κ2) is 60.4. The third kappa shape index (κ3) is 56.2. The van der Waals surface area contributed by atoms with E-state index < -0.39 is 12.1 Å². The molecule has 0 radical (unpaired) electrons. The fourth-order valence-electron chi connectivity index (χ4n) is 10.5. The molecule has 70 heavy (non-hydrogen) atoms. The molecule has 0 aromatic carbocycles. The lowest BCUT2D eigenvalue weighted by Crippen LogP contribution is -2.45. The van der Waals surface area contributed by atoms with E-state index in [1.54, 1.807) is 0 Å². The van der Waals surface area contributed by atoms with Crippen LogP contribution < -0.4 is 5.32 Å². The van der Waals surface area contributed by atoms with E-state index >= 15 is 0 Å². The first kappa shape index (κ1) is 68.9. The van der Waals surface area contributed by atoms with Gasteiger partial charge in [0.2, 0.25) is 5.91 Å². The average molecular weight is 991 g/mol. The van der Waals surface area contributed by atoms with E-state index in [1.807, 2.05) is 0 Å². The highest BCUT2D eigenvalue weighted by molar-refractivity contribution is 5.76. The monoisotopic (exact) mass is 990 g/mol. The lowest BCUT2D eigenvalue weighted by Gasteiger charge is -2.22. The molecule has 2 atom stereocenters. The van der Waals surface area contributed by atoms with Crippen LogP contribution in [-0.4, -0.2) is 47.4 Å². The van der Waals surface area contributed by atoms with Gasteiger partial charge in [-0.3, -0.25) is 9.59 Å². The maximum atomic E-state index is 12.5. The number of hydrogen-bond acceptors (Lipinski definition) is 5. The Morgan fingerprint density at radius 3 is 0.871 bits per heavy atom. The number of hydrogen-bond donors (Lipinski definition) is 3. The van der Waals surface area contributed by atoms with Gasteiger partial charge in [-0.25, -0.2) is 0 Å². The summed E-state index contributed by atoms with van der Waals surface area (Å²) in [5, 5.41) is 23.4. The molecule has 0 fully saturated rings. The van der Waals surface area contributed by atoms with Crippen LogP contribution in [0.25, 0.3) is 0 Å². The average Bonchev–Trinajstić information content (AvgIpc) is 3.36. The zero-order valence-electron chi connectivity index (χ0n) is 47.8. The van der Waals surface area contributed by atoms with Crippen molar-refractivity contribution in [2.75, 3.05) is 13.2 Å². The van der Waals surface area contributed by atoms with Crippen LogP contribution in [0.3, 0.4) is 0 Å². The molecule has 0 bridgehead atoms. The van der Waals surface area contributed by atoms with Gasteiger partial charge in [-0.15, -0.1) is 0 Å². The van der Waals surface area contributed by atoms with Crippen molar-refractivity contribution in [2.24, 2.45) is 0 Å². The van der Waals surface area contributed by atoms with Gasteiger partial charge in [0.25, 0.3) is 0 Å². The van der Waals surface area contributed by atoms with Crippen LogP contribution in [0.2, 0.25) is 0 Å². The summed E-state index contributed by atoms with van der Waals surface area (Å²) in [5.41, 5.74) is 0. The van der Waals surface area contributed by atoms with Crippen LogP contribution in [0.4, 0.5) is 0 Å². The van der Waals surface area contributed by atoms with Gasteiger partial charge in [-0.05, 0) is 25.7 Å². The van der Waals surface area contributed by atoms with Crippen molar-refractivity contribution in [3.8, 4) is 0 Å². The molecule has 0 spiro atoms. The summed E-state index contributed by atoms with van der Waals surface area (Å²) in [5.74, 6) is -0.0196. The molecule has 1 amide bonds. The normalized spacial score (nSPS) is 12.5. The van der Waals surface area contributed by atoms with E-state index in [1.165, 1.54) is 302 Å². The Morgan fingerprint density at radius 1 is 0.343 bits per heavy atom. The zero-order valence-corrected chi connectivity index (χ0v) is 47.8. The quantitative estimate of drug-likeness (QED) is 0.0417. The fraction of sp³-hybridized carbons (Fsp3) is 0.969. The standard InChI is InChI=1S/C64H127NO5/c1-3-5-7-9-11-13-15-17-19-21-25-28-32-36-40-44-48-52-56-62(67)61(60-66)65-63(68)57-53-49-45-41-37-33-29-26-23-22-24-27-31-35-39-43-47-51-55-59-70-64(69)58-54-50-46-42-38-34-30-20-18-16-14-12-10-8-6-4-2/h61-62,66-67H,3-60H2,1-2H3,(H,65,68). The van der Waals surface area contributed by atoms with Crippen LogP contribution in [0.1, 0.15) is 373 Å². The Morgan fingerprint density at radius 2 is 0.586 bits per heavy atom. The van der Waals surface area contributed by atoms with Crippen molar-refractivity contribution in [3.05, 3.63) is 0 Å². The van der Waals surface area contributed by atoms with E-state index in [4.69, 9.17) is 4.74 Å². The van der Waals surface area contributed by atoms with Crippen molar-refractivity contribution in [2.45, 2.75) is 386 Å². The second-order valence-electron chi connectivity index (χ2n) is 22.5. The number of carbonyl (C=O) groups excluding carboxylic acids is 2. The Balaban J connectivity index is 3.37. The molecule has 0 aliphatic carbocycles. The largest absolute Gasteiger partial charge is 0.466 e. The van der Waals surface area contributed by atoms with Crippen molar-refractivity contribution >= 4 is 11.9 Å². The van der Waals surface area contributed by atoms with Gasteiger partial charge < -0.3 is 20.3 Å². The summed E-state index contributed by atoms with van der Waals surface area (Å²) in [6.45, 7) is 4.99. The van der Waals surface area contributed by atoms with Crippen LogP contribution >= 0.6 is 0 Å². The highest BCUT2D eigenvalue weighted by Gasteiger charge is 2.20. The van der Waals surface area contributed by atoms with Gasteiger partial charge in [0.15, 0.2) is 0 Å². The summed E-state index contributed by atoms with van der Waals surface area (Å²) < 4.78 is 5.50. The van der Waals surface area contributed by atoms with Crippen LogP contribution in [-0.2, 0) is 14.3 Å². The first-order chi connectivity index (χ1) is 34.5. The van der Waals surface area contributed by atoms with E-state index in [2.05, 4.69) is 19.2 Å². The molecule has 6 nitrogen and oxygen atoms in total. The zero-order chi connectivity index (χ0) is 50.7. The first-order valence-corrected chi connectivity index (χ1v) is 32.3. The Bertz CT molecular complexity index is 1010. The molecule has 418 valence electrons. The van der Waals surface area contributed by atoms with Gasteiger partial charge in [0.1, 0.15) is 0 Å². The number of unbranched alkanes of at least 4 members (excludes halogenated alkanes) is 50. The number of ether oxygens (including phenoxy) is 1. The van der Waals surface area contributed by atoms with Crippen molar-refractivity contribution < 1.29 is 24.5 Å². The number of carbonyl (C=O) groups is 2. The SMILES string of the molecule is CCCCCCCCCCCCCCCCCCCCC(O)C(CO)NC(=O)CCCCCCCCCCCCCCCCCCCCCOC(=O)CCCCCCCCCCCCCCCCCC. The lowest BCUT2D eigenvalue weighted by atomic mass is 10.0. The third-order valence-corrected chi connectivity index (χ3v) is 15.4. The highest BCUT2D eigenvalue weighted by Crippen LogP contribution is 2.19. The lowest BCUT2D eigenvalue weighted by molar-refractivity contribution is -0.143. The summed E-state index contributed by atoms with van der Waals surface area (Å²) in [4.78, 5) is 24.6. The number of nitrogens with one attached hydrogen (secondary N) is 1. The predicted molar refractivity (Wildman–Crippen MR) is 306 cm³/mol. The topological polar surface area (TPSA) is 95.9 Å². The third-order valence-electron chi connectivity index (χ3n) is 15.4. The number of aliphatic hydroxyl groups excluding tert-OH is 2. The molecule has 2 unspecified atom stereocenters. The number of esters is 1. The second-order valence-corrected chi connectivity index (χ2v) is 22.5. The van der Waals surface area contributed by atoms with Crippen molar-refractivity contribution in [1.82, 2.24) is 5.32 Å².